The highest BCUT2D eigenvalue weighted by Gasteiger charge is 1.97. The van der Waals surface area contributed by atoms with Gasteiger partial charge in [0.15, 0.2) is 0 Å². The minimum atomic E-state index is 0.753. The standard InChI is InChI=1S/C9H12N2.C2H6/c1-7-5-3-4-6-9(7)8(2)11-10;1-2/h3-6,11H,2,10H2,1H3;1-2H3. The molecule has 0 saturated carbocycles. The van der Waals surface area contributed by atoms with Crippen molar-refractivity contribution < 1.29 is 0 Å². The lowest BCUT2D eigenvalue weighted by Crippen LogP contribution is -2.19. The van der Waals surface area contributed by atoms with Gasteiger partial charge in [-0.3, -0.25) is 5.84 Å². The molecule has 1 rings (SSSR count). The predicted octanol–water partition coefficient (Wildman–Crippen LogP) is 2.46. The van der Waals surface area contributed by atoms with Crippen molar-refractivity contribution in [3.63, 3.8) is 0 Å². The number of hydrazine groups is 1. The van der Waals surface area contributed by atoms with Crippen molar-refractivity contribution in [2.45, 2.75) is 20.8 Å². The Balaban J connectivity index is 0.000000671. The van der Waals surface area contributed by atoms with Gasteiger partial charge in [0.05, 0.1) is 0 Å². The number of rotatable bonds is 2. The average Bonchev–Trinajstić information content (AvgIpc) is 2.20. The normalized spacial score (nSPS) is 8.31. The molecular formula is C11H18N2. The molecule has 72 valence electrons. The first-order chi connectivity index (χ1) is 6.25. The van der Waals surface area contributed by atoms with Gasteiger partial charge in [0, 0.05) is 11.3 Å². The summed E-state index contributed by atoms with van der Waals surface area (Å²) in [5, 5.41) is 0. The fourth-order valence-corrected chi connectivity index (χ4v) is 0.989. The van der Waals surface area contributed by atoms with E-state index in [0.717, 1.165) is 11.3 Å². The smallest absolute Gasteiger partial charge is 0.0488 e. The fraction of sp³-hybridized carbons (Fsp3) is 0.273. The molecule has 2 nitrogen and oxygen atoms in total. The molecule has 0 aliphatic carbocycles. The van der Waals surface area contributed by atoms with Crippen LogP contribution in [-0.2, 0) is 0 Å². The summed E-state index contributed by atoms with van der Waals surface area (Å²) in [4.78, 5) is 0. The van der Waals surface area contributed by atoms with Crippen LogP contribution in [0.2, 0.25) is 0 Å². The van der Waals surface area contributed by atoms with E-state index in [2.05, 4.69) is 12.0 Å². The lowest BCUT2D eigenvalue weighted by atomic mass is 10.1. The lowest BCUT2D eigenvalue weighted by Gasteiger charge is -2.06. The Kier molecular flexibility index (Phi) is 5.64. The van der Waals surface area contributed by atoms with E-state index in [4.69, 9.17) is 5.84 Å². The van der Waals surface area contributed by atoms with Crippen molar-refractivity contribution in [3.05, 3.63) is 42.0 Å². The van der Waals surface area contributed by atoms with Crippen molar-refractivity contribution in [2.24, 2.45) is 5.84 Å². The largest absolute Gasteiger partial charge is 0.324 e. The monoisotopic (exact) mass is 178 g/mol. The molecule has 13 heavy (non-hydrogen) atoms. The molecule has 0 saturated heterocycles. The zero-order chi connectivity index (χ0) is 10.3. The number of nitrogens with one attached hydrogen (secondary N) is 1. The van der Waals surface area contributed by atoms with Gasteiger partial charge >= 0.3 is 0 Å². The molecule has 0 radical (unpaired) electrons. The molecule has 0 aliphatic heterocycles. The van der Waals surface area contributed by atoms with Crippen molar-refractivity contribution in [2.75, 3.05) is 0 Å². The molecule has 0 spiro atoms. The minimum Gasteiger partial charge on any atom is -0.324 e. The Hall–Kier alpha value is -1.28. The predicted molar refractivity (Wildman–Crippen MR) is 58.9 cm³/mol. The van der Waals surface area contributed by atoms with E-state index in [1.165, 1.54) is 5.56 Å². The Morgan fingerprint density at radius 2 is 1.85 bits per heavy atom. The van der Waals surface area contributed by atoms with Crippen LogP contribution in [0.1, 0.15) is 25.0 Å². The first-order valence-corrected chi connectivity index (χ1v) is 4.47. The van der Waals surface area contributed by atoms with Crippen LogP contribution in [0.15, 0.2) is 30.8 Å². The van der Waals surface area contributed by atoms with Gasteiger partial charge in [-0.1, -0.05) is 44.7 Å². The number of benzene rings is 1. The highest BCUT2D eigenvalue weighted by molar-refractivity contribution is 5.63. The summed E-state index contributed by atoms with van der Waals surface area (Å²) in [6, 6.07) is 7.96. The van der Waals surface area contributed by atoms with Gasteiger partial charge in [0.2, 0.25) is 0 Å². The fourth-order valence-electron chi connectivity index (χ4n) is 0.989. The van der Waals surface area contributed by atoms with Crippen LogP contribution in [0.25, 0.3) is 5.70 Å². The van der Waals surface area contributed by atoms with Crippen LogP contribution in [0.3, 0.4) is 0 Å². The van der Waals surface area contributed by atoms with Crippen LogP contribution in [0.5, 0.6) is 0 Å². The Morgan fingerprint density at radius 1 is 1.31 bits per heavy atom. The third-order valence-electron chi connectivity index (χ3n) is 1.64. The molecule has 1 aromatic carbocycles. The van der Waals surface area contributed by atoms with Crippen LogP contribution in [-0.4, -0.2) is 0 Å². The summed E-state index contributed by atoms with van der Waals surface area (Å²) >= 11 is 0. The van der Waals surface area contributed by atoms with Crippen LogP contribution in [0, 0.1) is 6.92 Å². The molecule has 0 unspecified atom stereocenters. The van der Waals surface area contributed by atoms with Gasteiger partial charge < -0.3 is 5.43 Å². The zero-order valence-corrected chi connectivity index (χ0v) is 8.59. The van der Waals surface area contributed by atoms with E-state index in [0.29, 0.717) is 0 Å². The summed E-state index contributed by atoms with van der Waals surface area (Å²) in [5.74, 6) is 5.22. The summed E-state index contributed by atoms with van der Waals surface area (Å²) in [5.41, 5.74) is 5.52. The van der Waals surface area contributed by atoms with Crippen molar-refractivity contribution in [3.8, 4) is 0 Å². The molecule has 3 N–H and O–H groups in total. The number of hydrogen-bond donors (Lipinski definition) is 2. The van der Waals surface area contributed by atoms with E-state index in [1.54, 1.807) is 0 Å². The molecule has 0 heterocycles. The average molecular weight is 178 g/mol. The molecule has 0 aromatic heterocycles. The summed E-state index contributed by atoms with van der Waals surface area (Å²) in [6.45, 7) is 9.79. The molecule has 2 heteroatoms. The number of hydrogen-bond acceptors (Lipinski definition) is 2. The second-order valence-corrected chi connectivity index (χ2v) is 2.44. The van der Waals surface area contributed by atoms with Crippen LogP contribution >= 0.6 is 0 Å². The van der Waals surface area contributed by atoms with E-state index < -0.39 is 0 Å². The second kappa shape index (κ2) is 6.26. The molecular weight excluding hydrogens is 160 g/mol. The highest BCUT2D eigenvalue weighted by Crippen LogP contribution is 2.12. The maximum atomic E-state index is 5.22. The minimum absolute atomic E-state index is 0.753. The van der Waals surface area contributed by atoms with E-state index >= 15 is 0 Å². The Morgan fingerprint density at radius 3 is 2.31 bits per heavy atom. The number of aryl methyl sites for hydroxylation is 1. The van der Waals surface area contributed by atoms with E-state index in [-0.39, 0.29) is 0 Å². The Labute approximate surface area is 80.4 Å². The maximum Gasteiger partial charge on any atom is 0.0488 e. The third-order valence-corrected chi connectivity index (χ3v) is 1.64. The Bertz CT molecular complexity index is 267. The summed E-state index contributed by atoms with van der Waals surface area (Å²) < 4.78 is 0. The molecule has 0 amide bonds. The van der Waals surface area contributed by atoms with Crippen LogP contribution in [0.4, 0.5) is 0 Å². The second-order valence-electron chi connectivity index (χ2n) is 2.44. The number of nitrogens with two attached hydrogens (primary N) is 1. The van der Waals surface area contributed by atoms with E-state index in [1.807, 2.05) is 45.0 Å². The van der Waals surface area contributed by atoms with Crippen molar-refractivity contribution in [1.82, 2.24) is 5.43 Å². The van der Waals surface area contributed by atoms with Gasteiger partial charge in [-0.25, -0.2) is 0 Å². The quantitative estimate of drug-likeness (QED) is 0.539. The lowest BCUT2D eigenvalue weighted by molar-refractivity contribution is 0.992. The topological polar surface area (TPSA) is 38.0 Å². The van der Waals surface area contributed by atoms with Gasteiger partial charge in [0.25, 0.3) is 0 Å². The molecule has 0 fully saturated rings. The maximum absolute atomic E-state index is 5.22. The van der Waals surface area contributed by atoms with Crippen LogP contribution < -0.4 is 11.3 Å². The molecule has 0 bridgehead atoms. The van der Waals surface area contributed by atoms with Crippen molar-refractivity contribution in [1.29, 1.82) is 0 Å². The first kappa shape index (κ1) is 11.7. The first-order valence-electron chi connectivity index (χ1n) is 4.47. The van der Waals surface area contributed by atoms with Gasteiger partial charge in [-0.2, -0.15) is 0 Å². The van der Waals surface area contributed by atoms with Gasteiger partial charge in [-0.05, 0) is 12.5 Å². The zero-order valence-electron chi connectivity index (χ0n) is 8.59. The molecule has 0 atom stereocenters. The van der Waals surface area contributed by atoms with Gasteiger partial charge in [0.1, 0.15) is 0 Å². The van der Waals surface area contributed by atoms with E-state index in [9.17, 15) is 0 Å². The molecule has 0 aliphatic rings. The molecule has 1 aromatic rings. The SMILES string of the molecule is C=C(NN)c1ccccc1C.CC. The summed E-state index contributed by atoms with van der Waals surface area (Å²) in [7, 11) is 0. The third kappa shape index (κ3) is 3.30. The summed E-state index contributed by atoms with van der Waals surface area (Å²) in [6.07, 6.45) is 0. The van der Waals surface area contributed by atoms with Gasteiger partial charge in [-0.15, -0.1) is 0 Å². The van der Waals surface area contributed by atoms with Crippen molar-refractivity contribution >= 4 is 5.70 Å². The highest BCUT2D eigenvalue weighted by atomic mass is 15.2.